The summed E-state index contributed by atoms with van der Waals surface area (Å²) in [5.74, 6) is -0.611. The Morgan fingerprint density at radius 2 is 1.94 bits per heavy atom. The molecule has 0 aliphatic rings. The van der Waals surface area contributed by atoms with Crippen LogP contribution in [0.25, 0.3) is 0 Å². The molecule has 0 heterocycles. The molecule has 0 aromatic rings. The first-order chi connectivity index (χ1) is 7.52. The minimum Gasteiger partial charge on any atom is -0.468 e. The number of ether oxygens (including phenoxy) is 1. The van der Waals surface area contributed by atoms with Gasteiger partial charge < -0.3 is 9.64 Å². The average molecular weight is 225 g/mol. The van der Waals surface area contributed by atoms with E-state index in [-0.39, 0.29) is 18.5 Å². The van der Waals surface area contributed by atoms with Gasteiger partial charge in [-0.05, 0) is 20.8 Å². The van der Waals surface area contributed by atoms with Crippen LogP contribution in [-0.4, -0.2) is 36.5 Å². The van der Waals surface area contributed by atoms with E-state index in [9.17, 15) is 9.59 Å². The zero-order valence-electron chi connectivity index (χ0n) is 10.3. The highest BCUT2D eigenvalue weighted by Gasteiger charge is 2.17. The van der Waals surface area contributed by atoms with Crippen LogP contribution in [0.2, 0.25) is 0 Å². The first-order valence-electron chi connectivity index (χ1n) is 5.19. The monoisotopic (exact) mass is 225 g/mol. The lowest BCUT2D eigenvalue weighted by atomic mass is 10.3. The number of methoxy groups -OCH3 is 1. The van der Waals surface area contributed by atoms with Crippen LogP contribution in [0.3, 0.4) is 0 Å². The topological polar surface area (TPSA) is 46.6 Å². The van der Waals surface area contributed by atoms with Crippen molar-refractivity contribution in [2.24, 2.45) is 0 Å². The molecule has 0 aliphatic heterocycles. The summed E-state index contributed by atoms with van der Waals surface area (Å²) in [6.07, 6.45) is 6.66. The molecule has 0 aromatic heterocycles. The van der Waals surface area contributed by atoms with E-state index in [1.165, 1.54) is 18.1 Å². The Hall–Kier alpha value is -1.58. The van der Waals surface area contributed by atoms with Crippen molar-refractivity contribution >= 4 is 11.9 Å². The van der Waals surface area contributed by atoms with Crippen LogP contribution in [0, 0.1) is 0 Å². The lowest BCUT2D eigenvalue weighted by molar-refractivity contribution is -0.146. The van der Waals surface area contributed by atoms with Crippen LogP contribution in [0.5, 0.6) is 0 Å². The van der Waals surface area contributed by atoms with Crippen molar-refractivity contribution in [2.75, 3.05) is 13.7 Å². The second-order valence-corrected chi connectivity index (χ2v) is 3.52. The molecule has 0 aliphatic carbocycles. The van der Waals surface area contributed by atoms with Crippen molar-refractivity contribution in [3.8, 4) is 0 Å². The molecule has 0 unspecified atom stereocenters. The SMILES string of the molecule is CC=C/C=C/C(=O)N(CC(=O)OC)C(C)C. The number of hydrogen-bond donors (Lipinski definition) is 0. The molecular weight excluding hydrogens is 206 g/mol. The number of hydrogen-bond acceptors (Lipinski definition) is 3. The van der Waals surface area contributed by atoms with Crippen molar-refractivity contribution in [1.29, 1.82) is 0 Å². The molecule has 0 radical (unpaired) electrons. The molecule has 0 saturated carbocycles. The highest BCUT2D eigenvalue weighted by molar-refractivity contribution is 5.90. The Morgan fingerprint density at radius 3 is 2.38 bits per heavy atom. The maximum atomic E-state index is 11.7. The third-order valence-electron chi connectivity index (χ3n) is 1.98. The normalized spacial score (nSPS) is 11.3. The van der Waals surface area contributed by atoms with Crippen molar-refractivity contribution < 1.29 is 14.3 Å². The smallest absolute Gasteiger partial charge is 0.325 e. The van der Waals surface area contributed by atoms with Gasteiger partial charge in [0.15, 0.2) is 0 Å². The van der Waals surface area contributed by atoms with E-state index in [4.69, 9.17) is 0 Å². The van der Waals surface area contributed by atoms with Gasteiger partial charge in [-0.2, -0.15) is 0 Å². The van der Waals surface area contributed by atoms with E-state index >= 15 is 0 Å². The van der Waals surface area contributed by atoms with E-state index < -0.39 is 5.97 Å². The molecule has 0 rings (SSSR count). The van der Waals surface area contributed by atoms with Crippen molar-refractivity contribution in [1.82, 2.24) is 4.90 Å². The van der Waals surface area contributed by atoms with Gasteiger partial charge in [0.1, 0.15) is 6.54 Å². The maximum absolute atomic E-state index is 11.7. The maximum Gasteiger partial charge on any atom is 0.325 e. The summed E-state index contributed by atoms with van der Waals surface area (Å²) in [5, 5.41) is 0. The summed E-state index contributed by atoms with van der Waals surface area (Å²) in [6.45, 7) is 5.55. The van der Waals surface area contributed by atoms with Crippen LogP contribution < -0.4 is 0 Å². The fraction of sp³-hybridized carbons (Fsp3) is 0.500. The molecule has 0 bridgehead atoms. The van der Waals surface area contributed by atoms with Gasteiger partial charge in [0.25, 0.3) is 0 Å². The molecule has 90 valence electrons. The van der Waals surface area contributed by atoms with Gasteiger partial charge in [-0.3, -0.25) is 9.59 Å². The Bertz CT molecular complexity index is 293. The second-order valence-electron chi connectivity index (χ2n) is 3.52. The van der Waals surface area contributed by atoms with Crippen LogP contribution in [0.15, 0.2) is 24.3 Å². The summed E-state index contributed by atoms with van der Waals surface area (Å²) in [7, 11) is 1.31. The molecule has 0 fully saturated rings. The number of allylic oxidation sites excluding steroid dienone is 3. The molecule has 1 amide bonds. The number of amides is 1. The second kappa shape index (κ2) is 7.68. The van der Waals surface area contributed by atoms with E-state index in [0.717, 1.165) is 0 Å². The van der Waals surface area contributed by atoms with E-state index in [1.807, 2.05) is 26.8 Å². The Kier molecular flexibility index (Phi) is 6.92. The molecule has 4 heteroatoms. The number of carbonyl (C=O) groups is 2. The zero-order valence-corrected chi connectivity index (χ0v) is 10.3. The van der Waals surface area contributed by atoms with Gasteiger partial charge in [-0.25, -0.2) is 0 Å². The van der Waals surface area contributed by atoms with Crippen LogP contribution in [-0.2, 0) is 14.3 Å². The van der Waals surface area contributed by atoms with Crippen LogP contribution in [0.1, 0.15) is 20.8 Å². The van der Waals surface area contributed by atoms with E-state index in [1.54, 1.807) is 12.2 Å². The fourth-order valence-electron chi connectivity index (χ4n) is 1.06. The zero-order chi connectivity index (χ0) is 12.6. The van der Waals surface area contributed by atoms with Gasteiger partial charge in [0.2, 0.25) is 5.91 Å². The first-order valence-corrected chi connectivity index (χ1v) is 5.19. The fourth-order valence-corrected chi connectivity index (χ4v) is 1.06. The summed E-state index contributed by atoms with van der Waals surface area (Å²) >= 11 is 0. The minimum atomic E-state index is -0.415. The van der Waals surface area contributed by atoms with Crippen LogP contribution in [0.4, 0.5) is 0 Å². The molecule has 4 nitrogen and oxygen atoms in total. The summed E-state index contributed by atoms with van der Waals surface area (Å²) in [6, 6.07) is -0.0399. The molecule has 0 N–H and O–H groups in total. The molecule has 0 aromatic carbocycles. The number of esters is 1. The van der Waals surface area contributed by atoms with E-state index in [2.05, 4.69) is 4.74 Å². The number of carbonyl (C=O) groups excluding carboxylic acids is 2. The molecule has 0 atom stereocenters. The van der Waals surface area contributed by atoms with Crippen molar-refractivity contribution in [2.45, 2.75) is 26.8 Å². The molecule has 0 spiro atoms. The van der Waals surface area contributed by atoms with Gasteiger partial charge >= 0.3 is 5.97 Å². The lowest BCUT2D eigenvalue weighted by Crippen LogP contribution is -2.40. The van der Waals surface area contributed by atoms with Crippen molar-refractivity contribution in [3.63, 3.8) is 0 Å². The average Bonchev–Trinajstić information content (AvgIpc) is 2.25. The summed E-state index contributed by atoms with van der Waals surface area (Å²) in [4.78, 5) is 24.3. The third kappa shape index (κ3) is 5.34. The Morgan fingerprint density at radius 1 is 1.31 bits per heavy atom. The molecule has 16 heavy (non-hydrogen) atoms. The lowest BCUT2D eigenvalue weighted by Gasteiger charge is -2.23. The van der Waals surface area contributed by atoms with Crippen molar-refractivity contribution in [3.05, 3.63) is 24.3 Å². The quantitative estimate of drug-likeness (QED) is 0.405. The highest BCUT2D eigenvalue weighted by atomic mass is 16.5. The van der Waals surface area contributed by atoms with Gasteiger partial charge in [0.05, 0.1) is 7.11 Å². The van der Waals surface area contributed by atoms with Crippen LogP contribution >= 0.6 is 0 Å². The molecular formula is C12H19NO3. The summed E-state index contributed by atoms with van der Waals surface area (Å²) in [5.41, 5.74) is 0. The van der Waals surface area contributed by atoms with Gasteiger partial charge in [-0.15, -0.1) is 0 Å². The first kappa shape index (κ1) is 14.4. The third-order valence-corrected chi connectivity index (χ3v) is 1.98. The predicted molar refractivity (Wildman–Crippen MR) is 62.8 cm³/mol. The van der Waals surface area contributed by atoms with Gasteiger partial charge in [-0.1, -0.05) is 18.2 Å². The number of rotatable bonds is 5. The van der Waals surface area contributed by atoms with Gasteiger partial charge in [0, 0.05) is 12.1 Å². The Labute approximate surface area is 96.6 Å². The summed E-state index contributed by atoms with van der Waals surface area (Å²) < 4.78 is 4.54. The predicted octanol–water partition coefficient (Wildman–Crippen LogP) is 1.53. The largest absolute Gasteiger partial charge is 0.468 e. The minimum absolute atomic E-state index is 0.0207. The number of nitrogens with zero attached hydrogens (tertiary/aromatic N) is 1. The highest BCUT2D eigenvalue weighted by Crippen LogP contribution is 2.00. The Balaban J connectivity index is 4.53. The molecule has 0 saturated heterocycles. The van der Waals surface area contributed by atoms with E-state index in [0.29, 0.717) is 0 Å². The standard InChI is InChI=1S/C12H19NO3/c1-5-6-7-8-11(14)13(10(2)3)9-12(15)16-4/h5-8,10H,9H2,1-4H3/b6-5?,8-7+.